The topological polar surface area (TPSA) is 113 Å². The summed E-state index contributed by atoms with van der Waals surface area (Å²) < 4.78 is 4.28. The van der Waals surface area contributed by atoms with Gasteiger partial charge < -0.3 is 16.0 Å². The Balaban J connectivity index is 1.57. The van der Waals surface area contributed by atoms with E-state index < -0.39 is 5.91 Å². The minimum Gasteiger partial charge on any atom is -0.382 e. The number of benzene rings is 1. The van der Waals surface area contributed by atoms with Crippen molar-refractivity contribution in [1.82, 2.24) is 29.7 Å². The van der Waals surface area contributed by atoms with Crippen molar-refractivity contribution in [2.45, 2.75) is 33.5 Å². The van der Waals surface area contributed by atoms with Crippen LogP contribution in [0.3, 0.4) is 0 Å². The van der Waals surface area contributed by atoms with Gasteiger partial charge in [0.05, 0.1) is 19.3 Å². The van der Waals surface area contributed by atoms with Gasteiger partial charge in [-0.05, 0) is 39.3 Å². The number of anilines is 1. The molecule has 0 spiro atoms. The number of nitrogen functional groups attached to an aromatic ring is 1. The largest absolute Gasteiger partial charge is 0.382 e. The first-order valence-electron chi connectivity index (χ1n) is 12.5. The Bertz CT molecular complexity index is 1300. The average molecular weight is 546 g/mol. The fraction of sp³-hybridized carbons (Fsp3) is 0.480. The number of nitrogens with one attached hydrogen (secondary N) is 1. The fourth-order valence-corrected chi connectivity index (χ4v) is 6.10. The molecule has 0 aliphatic carbocycles. The number of hydrogen-bond donors (Lipinski definition) is 2. The Morgan fingerprint density at radius 1 is 1.19 bits per heavy atom. The van der Waals surface area contributed by atoms with Crippen molar-refractivity contribution >= 4 is 48.2 Å². The molecule has 1 aliphatic rings. The van der Waals surface area contributed by atoms with E-state index in [0.29, 0.717) is 18.7 Å². The molecule has 1 saturated heterocycles. The molecule has 0 saturated carbocycles. The van der Waals surface area contributed by atoms with Crippen LogP contribution >= 0.6 is 19.5 Å². The molecule has 0 radical (unpaired) electrons. The Hall–Kier alpha value is -2.81. The summed E-state index contributed by atoms with van der Waals surface area (Å²) in [6.07, 6.45) is 2.43. The van der Waals surface area contributed by atoms with Crippen molar-refractivity contribution in [3.8, 4) is 0 Å². The minimum atomic E-state index is -0.447. The number of piperazine rings is 1. The molecule has 1 aromatic carbocycles. The predicted molar refractivity (Wildman–Crippen MR) is 147 cm³/mol. The van der Waals surface area contributed by atoms with Crippen molar-refractivity contribution in [2.24, 2.45) is 0 Å². The van der Waals surface area contributed by atoms with Crippen LogP contribution in [0.2, 0.25) is 5.15 Å². The number of carbonyl (C=O) groups is 2. The number of aromatic nitrogens is 4. The molecular formula is C25H35ClN8O2P+. The summed E-state index contributed by atoms with van der Waals surface area (Å²) in [4.78, 5) is 38.5. The summed E-state index contributed by atoms with van der Waals surface area (Å²) in [7, 11) is 0.0236. The van der Waals surface area contributed by atoms with E-state index in [2.05, 4.69) is 56.5 Å². The second-order valence-electron chi connectivity index (χ2n) is 9.35. The zero-order chi connectivity index (χ0) is 26.7. The molecule has 0 atom stereocenters. The highest BCUT2D eigenvalue weighted by Crippen LogP contribution is 2.26. The van der Waals surface area contributed by atoms with Gasteiger partial charge in [0.25, 0.3) is 17.6 Å². The van der Waals surface area contributed by atoms with E-state index in [-0.39, 0.29) is 37.0 Å². The molecule has 0 unspecified atom stereocenters. The van der Waals surface area contributed by atoms with Crippen LogP contribution in [0, 0.1) is 0 Å². The second-order valence-corrected chi connectivity index (χ2v) is 12.2. The highest BCUT2D eigenvalue weighted by atomic mass is 35.5. The van der Waals surface area contributed by atoms with Gasteiger partial charge in [-0.1, -0.05) is 19.5 Å². The first-order valence-corrected chi connectivity index (χ1v) is 15.3. The van der Waals surface area contributed by atoms with Crippen LogP contribution in [0.4, 0.5) is 5.82 Å². The number of rotatable bonds is 8. The smallest absolute Gasteiger partial charge is 0.277 e. The van der Waals surface area contributed by atoms with Crippen LogP contribution in [0.25, 0.3) is 11.0 Å². The highest BCUT2D eigenvalue weighted by molar-refractivity contribution is 7.55. The van der Waals surface area contributed by atoms with Gasteiger partial charge in [0.2, 0.25) is 0 Å². The number of halogens is 1. The molecule has 0 bridgehead atoms. The summed E-state index contributed by atoms with van der Waals surface area (Å²) in [6.45, 7) is 13.7. The lowest BCUT2D eigenvalue weighted by atomic mass is 10.1. The molecule has 1 fully saturated rings. The number of fused-ring (bicyclic) bond motifs is 1. The molecule has 3 aromatic rings. The van der Waals surface area contributed by atoms with Crippen LogP contribution in [-0.2, 0) is 19.6 Å². The van der Waals surface area contributed by atoms with Crippen LogP contribution < -0.4 is 15.6 Å². The molecule has 2 amide bonds. The minimum absolute atomic E-state index is 0.00261. The number of nitrogens with two attached hydrogens (primary N) is 1. The van der Waals surface area contributed by atoms with Crippen LogP contribution in [0.15, 0.2) is 24.4 Å². The lowest BCUT2D eigenvalue weighted by molar-refractivity contribution is -0.676. The highest BCUT2D eigenvalue weighted by Gasteiger charge is 2.27. The SMILES string of the molecule is CCn1c(CNC(=O)c2nc(Cl)cnc2N)[n+](CC)c2cc(C(=O)N3CCN(CP(C)C)CC3)ccc21. The zero-order valence-electron chi connectivity index (χ0n) is 21.9. The molecule has 4 rings (SSSR count). The Morgan fingerprint density at radius 3 is 2.57 bits per heavy atom. The maximum absolute atomic E-state index is 13.4. The summed E-state index contributed by atoms with van der Waals surface area (Å²) in [5.41, 5.74) is 8.48. The van der Waals surface area contributed by atoms with Crippen LogP contribution in [-0.4, -0.2) is 81.9 Å². The fourth-order valence-electron chi connectivity index (χ4n) is 4.88. The zero-order valence-corrected chi connectivity index (χ0v) is 23.5. The number of nitrogens with zero attached hydrogens (tertiary/aromatic N) is 6. The van der Waals surface area contributed by atoms with Gasteiger partial charge in [-0.3, -0.25) is 14.5 Å². The number of carbonyl (C=O) groups excluding carboxylic acids is 2. The van der Waals surface area contributed by atoms with Crippen molar-refractivity contribution < 1.29 is 14.2 Å². The van der Waals surface area contributed by atoms with Gasteiger partial charge in [-0.25, -0.2) is 19.1 Å². The van der Waals surface area contributed by atoms with E-state index in [1.54, 1.807) is 0 Å². The third-order valence-electron chi connectivity index (χ3n) is 6.60. The van der Waals surface area contributed by atoms with E-state index >= 15 is 0 Å². The average Bonchev–Trinajstić information content (AvgIpc) is 3.19. The Morgan fingerprint density at radius 2 is 1.92 bits per heavy atom. The van der Waals surface area contributed by atoms with E-state index in [9.17, 15) is 9.59 Å². The lowest BCUT2D eigenvalue weighted by Crippen LogP contribution is -2.48. The van der Waals surface area contributed by atoms with Crippen molar-refractivity contribution in [2.75, 3.05) is 51.5 Å². The first kappa shape index (κ1) is 27.2. The molecule has 198 valence electrons. The standard InChI is InChI=1S/C25H34ClN8O2P/c1-5-33-18-8-7-17(25(36)32-11-9-31(10-12-32)16-37(3)4)13-19(18)34(6-2)21(33)15-29-24(35)22-23(27)28-14-20(26)30-22/h7-8,13-14H,5-6,9-12,15-16H2,1-4H3,(H2-,27,28,29,35)/p+1. The van der Waals surface area contributed by atoms with Crippen molar-refractivity contribution in [3.05, 3.63) is 46.6 Å². The van der Waals surface area contributed by atoms with Gasteiger partial charge in [0.15, 0.2) is 22.5 Å². The molecule has 12 heteroatoms. The quantitative estimate of drug-likeness (QED) is 0.332. The summed E-state index contributed by atoms with van der Waals surface area (Å²) in [6, 6.07) is 5.88. The molecule has 37 heavy (non-hydrogen) atoms. The van der Waals surface area contributed by atoms with E-state index in [4.69, 9.17) is 17.3 Å². The van der Waals surface area contributed by atoms with Gasteiger partial charge >= 0.3 is 0 Å². The van der Waals surface area contributed by atoms with Crippen molar-refractivity contribution in [1.29, 1.82) is 0 Å². The Labute approximate surface area is 223 Å². The lowest BCUT2D eigenvalue weighted by Gasteiger charge is -2.35. The number of imidazole rings is 1. The summed E-state index contributed by atoms with van der Waals surface area (Å²) in [5, 5.41) is 3.00. The molecule has 10 nitrogen and oxygen atoms in total. The molecule has 3 heterocycles. The third-order valence-corrected chi connectivity index (χ3v) is 7.74. The van der Waals surface area contributed by atoms with Crippen molar-refractivity contribution in [3.63, 3.8) is 0 Å². The van der Waals surface area contributed by atoms with E-state index in [1.807, 2.05) is 23.1 Å². The molecular weight excluding hydrogens is 511 g/mol. The van der Waals surface area contributed by atoms with Gasteiger partial charge in [0.1, 0.15) is 11.7 Å². The van der Waals surface area contributed by atoms with Gasteiger partial charge in [-0.15, -0.1) is 0 Å². The summed E-state index contributed by atoms with van der Waals surface area (Å²) in [5.74, 6) is 0.552. The maximum Gasteiger partial charge on any atom is 0.277 e. The summed E-state index contributed by atoms with van der Waals surface area (Å²) >= 11 is 5.90. The maximum atomic E-state index is 13.4. The predicted octanol–water partition coefficient (Wildman–Crippen LogP) is 2.38. The monoisotopic (exact) mass is 545 g/mol. The molecule has 2 aromatic heterocycles. The van der Waals surface area contributed by atoms with Crippen LogP contribution in [0.1, 0.15) is 40.5 Å². The number of aryl methyl sites for hydroxylation is 2. The third kappa shape index (κ3) is 5.87. The van der Waals surface area contributed by atoms with E-state index in [1.165, 1.54) is 6.20 Å². The first-order chi connectivity index (χ1) is 17.7. The molecule has 3 N–H and O–H groups in total. The molecule has 1 aliphatic heterocycles. The normalized spacial score (nSPS) is 14.5. The number of amides is 2. The number of hydrogen-bond acceptors (Lipinski definition) is 6. The van der Waals surface area contributed by atoms with E-state index in [0.717, 1.165) is 49.3 Å². The second kappa shape index (κ2) is 11.7. The van der Waals surface area contributed by atoms with Gasteiger partial charge in [-0.2, -0.15) is 0 Å². The Kier molecular flexibility index (Phi) is 8.62. The van der Waals surface area contributed by atoms with Gasteiger partial charge in [0, 0.05) is 44.1 Å². The van der Waals surface area contributed by atoms with Crippen LogP contribution in [0.5, 0.6) is 0 Å².